The van der Waals surface area contributed by atoms with Crippen molar-refractivity contribution >= 4 is 35.2 Å². The van der Waals surface area contributed by atoms with Gasteiger partial charge in [0.05, 0.1) is 25.2 Å². The molecular formula is C21H23ClN2O4. The van der Waals surface area contributed by atoms with Crippen LogP contribution in [0.25, 0.3) is 6.08 Å². The zero-order valence-corrected chi connectivity index (χ0v) is 16.8. The maximum absolute atomic E-state index is 12.3. The van der Waals surface area contributed by atoms with Crippen LogP contribution in [0.3, 0.4) is 0 Å². The Morgan fingerprint density at radius 3 is 2.64 bits per heavy atom. The van der Waals surface area contributed by atoms with E-state index in [1.54, 1.807) is 43.5 Å². The van der Waals surface area contributed by atoms with E-state index in [2.05, 4.69) is 10.6 Å². The Hall–Kier alpha value is -2.99. The minimum atomic E-state index is -0.326. The molecule has 28 heavy (non-hydrogen) atoms. The van der Waals surface area contributed by atoms with E-state index in [4.69, 9.17) is 21.1 Å². The molecule has 6 nitrogen and oxygen atoms in total. The lowest BCUT2D eigenvalue weighted by molar-refractivity contribution is -0.120. The average Bonchev–Trinajstić information content (AvgIpc) is 2.69. The molecule has 0 radical (unpaired) electrons. The van der Waals surface area contributed by atoms with Gasteiger partial charge < -0.3 is 20.1 Å². The summed E-state index contributed by atoms with van der Waals surface area (Å²) in [7, 11) is 3.10. The second kappa shape index (κ2) is 10.4. The zero-order chi connectivity index (χ0) is 20.5. The average molecular weight is 403 g/mol. The van der Waals surface area contributed by atoms with Crippen LogP contribution in [0.2, 0.25) is 5.02 Å². The van der Waals surface area contributed by atoms with Gasteiger partial charge >= 0.3 is 0 Å². The Balaban J connectivity index is 2.15. The summed E-state index contributed by atoms with van der Waals surface area (Å²) in [4.78, 5) is 23.9. The molecule has 148 valence electrons. The maximum atomic E-state index is 12.3. The van der Waals surface area contributed by atoms with E-state index in [0.29, 0.717) is 34.4 Å². The van der Waals surface area contributed by atoms with E-state index in [1.807, 2.05) is 13.0 Å². The van der Waals surface area contributed by atoms with Crippen LogP contribution in [-0.2, 0) is 16.0 Å². The standard InChI is InChI=1S/C21H23ClN2O4/c1-4-28-21-16(22)11-14(12-18(21)27-3)9-10-19(25)24-17-8-6-5-7-15(17)13-20(26)23-2/h5-12H,4,13H2,1-3H3,(H,23,26)(H,24,25). The molecule has 0 saturated carbocycles. The predicted molar refractivity (Wildman–Crippen MR) is 111 cm³/mol. The number of carbonyl (C=O) groups excluding carboxylic acids is 2. The van der Waals surface area contributed by atoms with Gasteiger partial charge in [-0.15, -0.1) is 0 Å². The van der Waals surface area contributed by atoms with Crippen molar-refractivity contribution in [2.24, 2.45) is 0 Å². The number of ether oxygens (including phenoxy) is 2. The molecule has 0 heterocycles. The van der Waals surface area contributed by atoms with Gasteiger partial charge in [0.2, 0.25) is 11.8 Å². The minimum absolute atomic E-state index is 0.131. The van der Waals surface area contributed by atoms with Gasteiger partial charge in [-0.25, -0.2) is 0 Å². The third kappa shape index (κ3) is 5.76. The molecule has 0 aromatic heterocycles. The minimum Gasteiger partial charge on any atom is -0.493 e. The van der Waals surface area contributed by atoms with Gasteiger partial charge in [-0.05, 0) is 42.3 Å². The van der Waals surface area contributed by atoms with Gasteiger partial charge in [0.1, 0.15) is 0 Å². The predicted octanol–water partition coefficient (Wildman–Crippen LogP) is 3.69. The monoisotopic (exact) mass is 402 g/mol. The van der Waals surface area contributed by atoms with Crippen LogP contribution in [0.15, 0.2) is 42.5 Å². The van der Waals surface area contributed by atoms with E-state index >= 15 is 0 Å². The number of para-hydroxylation sites is 1. The van der Waals surface area contributed by atoms with Crippen molar-refractivity contribution in [3.63, 3.8) is 0 Å². The van der Waals surface area contributed by atoms with Crippen LogP contribution >= 0.6 is 11.6 Å². The smallest absolute Gasteiger partial charge is 0.248 e. The van der Waals surface area contributed by atoms with Crippen molar-refractivity contribution in [2.45, 2.75) is 13.3 Å². The fraction of sp³-hybridized carbons (Fsp3) is 0.238. The molecule has 0 spiro atoms. The number of halogens is 1. The first-order valence-corrected chi connectivity index (χ1v) is 9.14. The zero-order valence-electron chi connectivity index (χ0n) is 16.0. The van der Waals surface area contributed by atoms with Crippen molar-refractivity contribution < 1.29 is 19.1 Å². The Bertz CT molecular complexity index is 881. The highest BCUT2D eigenvalue weighted by Crippen LogP contribution is 2.36. The first-order chi connectivity index (χ1) is 13.5. The van der Waals surface area contributed by atoms with Crippen LogP contribution in [0.4, 0.5) is 5.69 Å². The molecule has 2 N–H and O–H groups in total. The topological polar surface area (TPSA) is 76.7 Å². The lowest BCUT2D eigenvalue weighted by Gasteiger charge is -2.12. The number of benzene rings is 2. The summed E-state index contributed by atoms with van der Waals surface area (Å²) in [5.74, 6) is 0.503. The number of anilines is 1. The molecule has 0 fully saturated rings. The van der Waals surface area contributed by atoms with Crippen LogP contribution in [0, 0.1) is 0 Å². The fourth-order valence-corrected chi connectivity index (χ4v) is 2.80. The van der Waals surface area contributed by atoms with Gasteiger partial charge in [-0.2, -0.15) is 0 Å². The molecule has 0 aliphatic rings. The van der Waals surface area contributed by atoms with Crippen molar-refractivity contribution in [1.29, 1.82) is 0 Å². The molecular weight excluding hydrogens is 380 g/mol. The summed E-state index contributed by atoms with van der Waals surface area (Å²) in [6.45, 7) is 2.32. The molecule has 2 aromatic carbocycles. The lowest BCUT2D eigenvalue weighted by atomic mass is 10.1. The van der Waals surface area contributed by atoms with Gasteiger partial charge in [0.15, 0.2) is 11.5 Å². The summed E-state index contributed by atoms with van der Waals surface area (Å²) < 4.78 is 10.8. The normalized spacial score (nSPS) is 10.6. The first kappa shape index (κ1) is 21.3. The lowest BCUT2D eigenvalue weighted by Crippen LogP contribution is -2.21. The van der Waals surface area contributed by atoms with E-state index in [1.165, 1.54) is 13.2 Å². The highest BCUT2D eigenvalue weighted by atomic mass is 35.5. The van der Waals surface area contributed by atoms with Crippen molar-refractivity contribution in [3.8, 4) is 11.5 Å². The highest BCUT2D eigenvalue weighted by Gasteiger charge is 2.11. The van der Waals surface area contributed by atoms with Crippen molar-refractivity contribution in [2.75, 3.05) is 26.1 Å². The number of rotatable bonds is 8. The van der Waals surface area contributed by atoms with Gasteiger partial charge in [0, 0.05) is 18.8 Å². The first-order valence-electron chi connectivity index (χ1n) is 8.76. The van der Waals surface area contributed by atoms with Crippen LogP contribution in [0.1, 0.15) is 18.1 Å². The van der Waals surface area contributed by atoms with Gasteiger partial charge in [-0.3, -0.25) is 9.59 Å². The molecule has 0 unspecified atom stereocenters. The summed E-state index contributed by atoms with van der Waals surface area (Å²) in [5, 5.41) is 5.76. The van der Waals surface area contributed by atoms with E-state index in [9.17, 15) is 9.59 Å². The van der Waals surface area contributed by atoms with E-state index in [-0.39, 0.29) is 18.2 Å². The SMILES string of the molecule is CCOc1c(Cl)cc(C=CC(=O)Nc2ccccc2CC(=O)NC)cc1OC. The molecule has 0 aliphatic carbocycles. The highest BCUT2D eigenvalue weighted by molar-refractivity contribution is 6.32. The quantitative estimate of drug-likeness (QED) is 0.660. The van der Waals surface area contributed by atoms with Gasteiger partial charge in [0.25, 0.3) is 0 Å². The fourth-order valence-electron chi connectivity index (χ4n) is 2.52. The molecule has 0 bridgehead atoms. The Morgan fingerprint density at radius 1 is 1.21 bits per heavy atom. The Labute approximate surface area is 169 Å². The third-order valence-corrected chi connectivity index (χ3v) is 4.15. The Morgan fingerprint density at radius 2 is 1.96 bits per heavy atom. The van der Waals surface area contributed by atoms with Gasteiger partial charge in [-0.1, -0.05) is 29.8 Å². The van der Waals surface area contributed by atoms with E-state index < -0.39 is 0 Å². The summed E-state index contributed by atoms with van der Waals surface area (Å²) >= 11 is 6.24. The van der Waals surface area contributed by atoms with Crippen LogP contribution in [0.5, 0.6) is 11.5 Å². The number of methoxy groups -OCH3 is 1. The van der Waals surface area contributed by atoms with Crippen molar-refractivity contribution in [3.05, 3.63) is 58.6 Å². The number of amides is 2. The summed E-state index contributed by atoms with van der Waals surface area (Å²) in [6, 6.07) is 10.6. The maximum Gasteiger partial charge on any atom is 0.248 e. The number of hydrogen-bond acceptors (Lipinski definition) is 4. The van der Waals surface area contributed by atoms with Crippen LogP contribution < -0.4 is 20.1 Å². The molecule has 7 heteroatoms. The number of likely N-dealkylation sites (N-methyl/N-ethyl adjacent to an activating group) is 1. The molecule has 2 rings (SSSR count). The second-order valence-corrected chi connectivity index (χ2v) is 6.20. The number of nitrogens with one attached hydrogen (secondary N) is 2. The molecule has 0 atom stereocenters. The molecule has 0 saturated heterocycles. The van der Waals surface area contributed by atoms with E-state index in [0.717, 1.165) is 5.56 Å². The second-order valence-electron chi connectivity index (χ2n) is 5.80. The summed E-state index contributed by atoms with van der Waals surface area (Å²) in [6.07, 6.45) is 3.20. The number of carbonyl (C=O) groups is 2. The molecule has 0 aliphatic heterocycles. The molecule has 2 aromatic rings. The van der Waals surface area contributed by atoms with Crippen molar-refractivity contribution in [1.82, 2.24) is 5.32 Å². The third-order valence-electron chi connectivity index (χ3n) is 3.87. The van der Waals surface area contributed by atoms with Crippen LogP contribution in [-0.4, -0.2) is 32.6 Å². The Kier molecular flexibility index (Phi) is 7.89. The largest absolute Gasteiger partial charge is 0.493 e. The number of hydrogen-bond donors (Lipinski definition) is 2. The molecule has 2 amide bonds. The summed E-state index contributed by atoms with van der Waals surface area (Å²) in [5.41, 5.74) is 2.01.